The van der Waals surface area contributed by atoms with Crippen LogP contribution < -0.4 is 0 Å². The Labute approximate surface area is 83.1 Å². The number of hydrogen-bond donors (Lipinski definition) is 0. The summed E-state index contributed by atoms with van der Waals surface area (Å²) >= 11 is 3.30. The third-order valence-electron chi connectivity index (χ3n) is 1.48. The minimum atomic E-state index is 0.519. The molecule has 0 aliphatic rings. The lowest BCUT2D eigenvalue weighted by Crippen LogP contribution is -1.84. The number of nitrogens with zero attached hydrogens (tertiary/aromatic N) is 3. The smallest absolute Gasteiger partial charge is 0.223 e. The van der Waals surface area contributed by atoms with Crippen molar-refractivity contribution < 1.29 is 4.52 Å². The van der Waals surface area contributed by atoms with Gasteiger partial charge in [0.2, 0.25) is 11.7 Å². The molecular formula is C8H6BrN3O. The molecule has 0 radical (unpaired) electrons. The van der Waals surface area contributed by atoms with Gasteiger partial charge in [0.15, 0.2) is 0 Å². The summed E-state index contributed by atoms with van der Waals surface area (Å²) in [7, 11) is 0. The molecule has 4 nitrogen and oxygen atoms in total. The summed E-state index contributed by atoms with van der Waals surface area (Å²) in [4.78, 5) is 8.18. The Morgan fingerprint density at radius 2 is 2.23 bits per heavy atom. The van der Waals surface area contributed by atoms with Gasteiger partial charge in [0, 0.05) is 17.6 Å². The topological polar surface area (TPSA) is 51.8 Å². The molecule has 0 saturated heterocycles. The van der Waals surface area contributed by atoms with E-state index in [4.69, 9.17) is 4.52 Å². The Balaban J connectivity index is 2.41. The van der Waals surface area contributed by atoms with E-state index in [1.165, 1.54) is 0 Å². The lowest BCUT2D eigenvalue weighted by Gasteiger charge is -1.91. The van der Waals surface area contributed by atoms with Gasteiger partial charge in [-0.1, -0.05) is 5.16 Å². The molecule has 0 bridgehead atoms. The molecule has 2 aromatic rings. The second kappa shape index (κ2) is 3.26. The normalized spacial score (nSPS) is 10.3. The molecule has 5 heteroatoms. The Hall–Kier alpha value is -1.23. The van der Waals surface area contributed by atoms with Crippen LogP contribution in [0.4, 0.5) is 0 Å². The van der Waals surface area contributed by atoms with E-state index in [-0.39, 0.29) is 0 Å². The van der Waals surface area contributed by atoms with Gasteiger partial charge < -0.3 is 4.52 Å². The van der Waals surface area contributed by atoms with Crippen molar-refractivity contribution >= 4 is 15.9 Å². The van der Waals surface area contributed by atoms with Crippen molar-refractivity contribution in [2.75, 3.05) is 0 Å². The Morgan fingerprint density at radius 1 is 1.38 bits per heavy atom. The standard InChI is InChI=1S/C8H6BrN3O/c1-5-11-8(12-13-5)7-3-2-6(9)4-10-7/h2-4H,1H3. The molecule has 2 rings (SSSR count). The molecule has 66 valence electrons. The van der Waals surface area contributed by atoms with Gasteiger partial charge in [0.05, 0.1) is 0 Å². The maximum absolute atomic E-state index is 4.84. The number of aryl methyl sites for hydroxylation is 1. The van der Waals surface area contributed by atoms with Crippen molar-refractivity contribution in [3.8, 4) is 11.5 Å². The van der Waals surface area contributed by atoms with E-state index in [2.05, 4.69) is 31.1 Å². The molecule has 0 aliphatic carbocycles. The molecule has 0 atom stereocenters. The molecule has 0 aliphatic heterocycles. The van der Waals surface area contributed by atoms with E-state index < -0.39 is 0 Å². The zero-order valence-corrected chi connectivity index (χ0v) is 8.45. The Morgan fingerprint density at radius 3 is 2.77 bits per heavy atom. The zero-order valence-electron chi connectivity index (χ0n) is 6.86. The molecule has 0 unspecified atom stereocenters. The molecule has 13 heavy (non-hydrogen) atoms. The predicted molar refractivity (Wildman–Crippen MR) is 50.0 cm³/mol. The van der Waals surface area contributed by atoms with Crippen LogP contribution in [0.1, 0.15) is 5.89 Å². The first-order valence-corrected chi connectivity index (χ1v) is 4.47. The van der Waals surface area contributed by atoms with E-state index >= 15 is 0 Å². The summed E-state index contributed by atoms with van der Waals surface area (Å²) in [5.74, 6) is 1.06. The SMILES string of the molecule is Cc1nc(-c2ccc(Br)cn2)no1. The summed E-state index contributed by atoms with van der Waals surface area (Å²) < 4.78 is 5.76. The molecule has 0 spiro atoms. The molecule has 0 N–H and O–H groups in total. The zero-order chi connectivity index (χ0) is 9.26. The van der Waals surface area contributed by atoms with Crippen molar-refractivity contribution in [2.45, 2.75) is 6.92 Å². The highest BCUT2D eigenvalue weighted by Gasteiger charge is 2.05. The van der Waals surface area contributed by atoms with E-state index in [0.29, 0.717) is 17.4 Å². The van der Waals surface area contributed by atoms with E-state index in [1.54, 1.807) is 13.1 Å². The maximum Gasteiger partial charge on any atom is 0.223 e. The predicted octanol–water partition coefficient (Wildman–Crippen LogP) is 2.20. The van der Waals surface area contributed by atoms with Crippen LogP contribution in [-0.4, -0.2) is 15.1 Å². The second-order valence-corrected chi connectivity index (χ2v) is 3.41. The van der Waals surface area contributed by atoms with Gasteiger partial charge in [0.1, 0.15) is 5.69 Å². The van der Waals surface area contributed by atoms with Crippen molar-refractivity contribution in [3.05, 3.63) is 28.7 Å². The van der Waals surface area contributed by atoms with Gasteiger partial charge in [-0.3, -0.25) is 4.98 Å². The van der Waals surface area contributed by atoms with Gasteiger partial charge in [0.25, 0.3) is 0 Å². The molecular weight excluding hydrogens is 234 g/mol. The molecule has 0 aromatic carbocycles. The average Bonchev–Trinajstić information content (AvgIpc) is 2.53. The molecule has 0 amide bonds. The fourth-order valence-corrected chi connectivity index (χ4v) is 1.15. The number of halogens is 1. The minimum Gasteiger partial charge on any atom is -0.339 e. The number of aromatic nitrogens is 3. The summed E-state index contributed by atoms with van der Waals surface area (Å²) in [6.45, 7) is 1.75. The van der Waals surface area contributed by atoms with Gasteiger partial charge in [-0.15, -0.1) is 0 Å². The highest BCUT2D eigenvalue weighted by Crippen LogP contribution is 2.15. The Kier molecular flexibility index (Phi) is 2.10. The van der Waals surface area contributed by atoms with Gasteiger partial charge in [-0.05, 0) is 28.1 Å². The molecule has 0 saturated carbocycles. The van der Waals surface area contributed by atoms with Crippen LogP contribution in [0.3, 0.4) is 0 Å². The first kappa shape index (κ1) is 8.37. The lowest BCUT2D eigenvalue weighted by atomic mass is 10.3. The van der Waals surface area contributed by atoms with Crippen LogP contribution in [0, 0.1) is 6.92 Å². The molecule has 2 heterocycles. The average molecular weight is 240 g/mol. The fourth-order valence-electron chi connectivity index (χ4n) is 0.911. The van der Waals surface area contributed by atoms with Crippen LogP contribution >= 0.6 is 15.9 Å². The second-order valence-electron chi connectivity index (χ2n) is 2.50. The van der Waals surface area contributed by atoms with Crippen molar-refractivity contribution in [1.29, 1.82) is 0 Å². The Bertz CT molecular complexity index is 410. The van der Waals surface area contributed by atoms with Crippen molar-refractivity contribution in [3.63, 3.8) is 0 Å². The quantitative estimate of drug-likeness (QED) is 0.766. The van der Waals surface area contributed by atoms with Crippen LogP contribution in [0.5, 0.6) is 0 Å². The fraction of sp³-hybridized carbons (Fsp3) is 0.125. The van der Waals surface area contributed by atoms with Crippen LogP contribution in [0.2, 0.25) is 0 Å². The third kappa shape index (κ3) is 1.75. The summed E-state index contributed by atoms with van der Waals surface area (Å²) in [5.41, 5.74) is 0.708. The van der Waals surface area contributed by atoms with Crippen molar-refractivity contribution in [2.24, 2.45) is 0 Å². The van der Waals surface area contributed by atoms with Crippen molar-refractivity contribution in [1.82, 2.24) is 15.1 Å². The molecule has 2 aromatic heterocycles. The first-order valence-electron chi connectivity index (χ1n) is 3.68. The highest BCUT2D eigenvalue weighted by molar-refractivity contribution is 9.10. The third-order valence-corrected chi connectivity index (χ3v) is 1.95. The van der Waals surface area contributed by atoms with E-state index in [1.807, 2.05) is 12.1 Å². The summed E-state index contributed by atoms with van der Waals surface area (Å²) in [6, 6.07) is 3.71. The molecule has 0 fully saturated rings. The minimum absolute atomic E-state index is 0.519. The maximum atomic E-state index is 4.84. The van der Waals surface area contributed by atoms with Gasteiger partial charge in [-0.25, -0.2) is 0 Å². The van der Waals surface area contributed by atoms with Crippen LogP contribution in [0.15, 0.2) is 27.3 Å². The highest BCUT2D eigenvalue weighted by atomic mass is 79.9. The number of rotatable bonds is 1. The van der Waals surface area contributed by atoms with Crippen LogP contribution in [-0.2, 0) is 0 Å². The number of hydrogen-bond acceptors (Lipinski definition) is 4. The van der Waals surface area contributed by atoms with Crippen LogP contribution in [0.25, 0.3) is 11.5 Å². The van der Waals surface area contributed by atoms with E-state index in [9.17, 15) is 0 Å². The summed E-state index contributed by atoms with van der Waals surface area (Å²) in [5, 5.41) is 3.75. The first-order chi connectivity index (χ1) is 6.25. The van der Waals surface area contributed by atoms with Gasteiger partial charge in [-0.2, -0.15) is 4.98 Å². The van der Waals surface area contributed by atoms with E-state index in [0.717, 1.165) is 4.47 Å². The lowest BCUT2D eigenvalue weighted by molar-refractivity contribution is 0.394. The monoisotopic (exact) mass is 239 g/mol. The largest absolute Gasteiger partial charge is 0.339 e. The number of pyridine rings is 1. The summed E-state index contributed by atoms with van der Waals surface area (Å²) in [6.07, 6.45) is 1.70. The van der Waals surface area contributed by atoms with Gasteiger partial charge >= 0.3 is 0 Å².